The zero-order valence-corrected chi connectivity index (χ0v) is 11.5. The number of urea groups is 1. The first-order valence-electron chi connectivity index (χ1n) is 6.65. The van der Waals surface area contributed by atoms with Crippen molar-refractivity contribution in [2.45, 2.75) is 46.1 Å². The average Bonchev–Trinajstić information content (AvgIpc) is 2.98. The van der Waals surface area contributed by atoms with Crippen LogP contribution in [0.1, 0.15) is 40.0 Å². The quantitative estimate of drug-likeness (QED) is 0.731. The second-order valence-electron chi connectivity index (χ2n) is 5.70. The second-order valence-corrected chi connectivity index (χ2v) is 5.70. The van der Waals surface area contributed by atoms with Crippen molar-refractivity contribution in [2.75, 3.05) is 13.1 Å². The van der Waals surface area contributed by atoms with Gasteiger partial charge in [-0.3, -0.25) is 4.79 Å². The third-order valence-corrected chi connectivity index (χ3v) is 2.98. The average molecular weight is 256 g/mol. The molecule has 1 atom stereocenters. The molecule has 0 aromatic rings. The van der Waals surface area contributed by atoms with Gasteiger partial charge in [-0.1, -0.05) is 13.8 Å². The van der Waals surface area contributed by atoms with Gasteiger partial charge in [0.1, 0.15) is 6.54 Å². The van der Waals surface area contributed by atoms with E-state index in [1.54, 1.807) is 0 Å². The summed E-state index contributed by atoms with van der Waals surface area (Å²) in [6.07, 6.45) is 3.10. The van der Waals surface area contributed by atoms with Crippen molar-refractivity contribution in [1.29, 1.82) is 0 Å². The van der Waals surface area contributed by atoms with E-state index < -0.39 is 5.97 Å². The summed E-state index contributed by atoms with van der Waals surface area (Å²) in [6, 6.07) is -0.176. The summed E-state index contributed by atoms with van der Waals surface area (Å²) in [5.74, 6) is 0.0504. The SMILES string of the molecule is CC(C)CC(C)NC(=O)N(CC(=O)O)CC1CC1. The minimum absolute atomic E-state index is 0.0768. The maximum Gasteiger partial charge on any atom is 0.323 e. The lowest BCUT2D eigenvalue weighted by Gasteiger charge is -2.24. The number of hydrogen-bond acceptors (Lipinski definition) is 2. The zero-order valence-electron chi connectivity index (χ0n) is 11.5. The molecule has 1 aliphatic rings. The minimum atomic E-state index is -0.956. The van der Waals surface area contributed by atoms with E-state index >= 15 is 0 Å². The predicted molar refractivity (Wildman–Crippen MR) is 69.4 cm³/mol. The lowest BCUT2D eigenvalue weighted by Crippen LogP contribution is -2.47. The van der Waals surface area contributed by atoms with Gasteiger partial charge in [-0.15, -0.1) is 0 Å². The maximum atomic E-state index is 12.0. The molecule has 0 spiro atoms. The first kappa shape index (κ1) is 14.8. The van der Waals surface area contributed by atoms with Gasteiger partial charge in [0.15, 0.2) is 0 Å². The molecule has 5 heteroatoms. The highest BCUT2D eigenvalue weighted by Gasteiger charge is 2.28. The molecule has 1 aliphatic carbocycles. The number of carboxylic acid groups (broad SMARTS) is 1. The number of rotatable bonds is 7. The Morgan fingerprint density at radius 1 is 1.33 bits per heavy atom. The van der Waals surface area contributed by atoms with E-state index in [-0.39, 0.29) is 18.6 Å². The molecule has 2 N–H and O–H groups in total. The normalized spacial score (nSPS) is 16.4. The van der Waals surface area contributed by atoms with Gasteiger partial charge in [0.2, 0.25) is 0 Å². The Bertz CT molecular complexity index is 301. The number of hydrogen-bond donors (Lipinski definition) is 2. The Balaban J connectivity index is 2.44. The van der Waals surface area contributed by atoms with E-state index in [4.69, 9.17) is 5.11 Å². The summed E-state index contributed by atoms with van der Waals surface area (Å²) in [7, 11) is 0. The molecule has 0 heterocycles. The van der Waals surface area contributed by atoms with Crippen molar-refractivity contribution in [3.05, 3.63) is 0 Å². The van der Waals surface area contributed by atoms with Crippen LogP contribution in [0.15, 0.2) is 0 Å². The molecule has 0 aliphatic heterocycles. The van der Waals surface area contributed by atoms with Crippen LogP contribution in [-0.2, 0) is 4.79 Å². The summed E-state index contributed by atoms with van der Waals surface area (Å²) in [6.45, 7) is 6.50. The van der Waals surface area contributed by atoms with E-state index in [9.17, 15) is 9.59 Å². The Morgan fingerprint density at radius 2 is 1.94 bits per heavy atom. The van der Waals surface area contributed by atoms with Gasteiger partial charge in [0.25, 0.3) is 0 Å². The van der Waals surface area contributed by atoms with Crippen LogP contribution in [0.3, 0.4) is 0 Å². The molecule has 1 unspecified atom stereocenters. The van der Waals surface area contributed by atoms with E-state index in [0.717, 1.165) is 19.3 Å². The van der Waals surface area contributed by atoms with Gasteiger partial charge in [-0.2, -0.15) is 0 Å². The first-order valence-corrected chi connectivity index (χ1v) is 6.65. The molecule has 0 radical (unpaired) electrons. The number of carbonyl (C=O) groups excluding carboxylic acids is 1. The Morgan fingerprint density at radius 3 is 2.39 bits per heavy atom. The van der Waals surface area contributed by atoms with E-state index in [1.165, 1.54) is 4.90 Å². The Kier molecular flexibility index (Phi) is 5.44. The molecule has 18 heavy (non-hydrogen) atoms. The maximum absolute atomic E-state index is 12.0. The van der Waals surface area contributed by atoms with Crippen molar-refractivity contribution in [3.8, 4) is 0 Å². The largest absolute Gasteiger partial charge is 0.480 e. The lowest BCUT2D eigenvalue weighted by molar-refractivity contribution is -0.137. The number of aliphatic carboxylic acids is 1. The molecule has 1 fully saturated rings. The molecular formula is C13H24N2O3. The molecule has 5 nitrogen and oxygen atoms in total. The highest BCUT2D eigenvalue weighted by molar-refractivity contribution is 5.80. The van der Waals surface area contributed by atoms with Crippen LogP contribution in [0.5, 0.6) is 0 Å². The molecule has 0 aromatic heterocycles. The van der Waals surface area contributed by atoms with E-state index in [0.29, 0.717) is 18.4 Å². The standard InChI is InChI=1S/C13H24N2O3/c1-9(2)6-10(3)14-13(18)15(8-12(16)17)7-11-4-5-11/h9-11H,4-8H2,1-3H3,(H,14,18)(H,16,17). The molecular weight excluding hydrogens is 232 g/mol. The van der Waals surface area contributed by atoms with Crippen molar-refractivity contribution in [3.63, 3.8) is 0 Å². The van der Waals surface area contributed by atoms with Gasteiger partial charge < -0.3 is 15.3 Å². The molecule has 0 saturated heterocycles. The fourth-order valence-corrected chi connectivity index (χ4v) is 2.06. The van der Waals surface area contributed by atoms with E-state index in [1.807, 2.05) is 6.92 Å². The highest BCUT2D eigenvalue weighted by Crippen LogP contribution is 2.29. The van der Waals surface area contributed by atoms with Crippen molar-refractivity contribution in [1.82, 2.24) is 10.2 Å². The van der Waals surface area contributed by atoms with Gasteiger partial charge >= 0.3 is 12.0 Å². The molecule has 1 saturated carbocycles. The molecule has 2 amide bonds. The Labute approximate surface area is 109 Å². The number of nitrogens with zero attached hydrogens (tertiary/aromatic N) is 1. The molecule has 0 bridgehead atoms. The fourth-order valence-electron chi connectivity index (χ4n) is 2.06. The van der Waals surface area contributed by atoms with Gasteiger partial charge in [-0.05, 0) is 38.0 Å². The first-order chi connectivity index (χ1) is 8.38. The predicted octanol–water partition coefficient (Wildman–Crippen LogP) is 1.93. The zero-order chi connectivity index (χ0) is 13.7. The van der Waals surface area contributed by atoms with Gasteiger partial charge in [0, 0.05) is 12.6 Å². The number of nitrogens with one attached hydrogen (secondary N) is 1. The summed E-state index contributed by atoms with van der Waals surface area (Å²) < 4.78 is 0. The Hall–Kier alpha value is -1.26. The topological polar surface area (TPSA) is 69.6 Å². The molecule has 104 valence electrons. The van der Waals surface area contributed by atoms with Crippen LogP contribution in [0, 0.1) is 11.8 Å². The van der Waals surface area contributed by atoms with Gasteiger partial charge in [-0.25, -0.2) is 4.79 Å². The van der Waals surface area contributed by atoms with Crippen LogP contribution in [0.4, 0.5) is 4.79 Å². The summed E-state index contributed by atoms with van der Waals surface area (Å²) >= 11 is 0. The van der Waals surface area contributed by atoms with E-state index in [2.05, 4.69) is 19.2 Å². The monoisotopic (exact) mass is 256 g/mol. The van der Waals surface area contributed by atoms with Crippen molar-refractivity contribution >= 4 is 12.0 Å². The lowest BCUT2D eigenvalue weighted by atomic mass is 10.1. The van der Waals surface area contributed by atoms with Crippen LogP contribution in [0.2, 0.25) is 0 Å². The summed E-state index contributed by atoms with van der Waals surface area (Å²) in [4.78, 5) is 24.2. The number of carbonyl (C=O) groups is 2. The van der Waals surface area contributed by atoms with Crippen LogP contribution in [-0.4, -0.2) is 41.1 Å². The third-order valence-electron chi connectivity index (χ3n) is 2.98. The highest BCUT2D eigenvalue weighted by atomic mass is 16.4. The fraction of sp³-hybridized carbons (Fsp3) is 0.846. The number of amides is 2. The molecule has 1 rings (SSSR count). The van der Waals surface area contributed by atoms with Crippen molar-refractivity contribution in [2.24, 2.45) is 11.8 Å². The van der Waals surface area contributed by atoms with Crippen LogP contribution < -0.4 is 5.32 Å². The smallest absolute Gasteiger partial charge is 0.323 e. The van der Waals surface area contributed by atoms with Crippen LogP contribution in [0.25, 0.3) is 0 Å². The van der Waals surface area contributed by atoms with Gasteiger partial charge in [0.05, 0.1) is 0 Å². The molecule has 0 aromatic carbocycles. The summed E-state index contributed by atoms with van der Waals surface area (Å²) in [5.41, 5.74) is 0. The number of carboxylic acids is 1. The van der Waals surface area contributed by atoms with Crippen molar-refractivity contribution < 1.29 is 14.7 Å². The third kappa shape index (κ3) is 5.89. The van der Waals surface area contributed by atoms with Crippen LogP contribution >= 0.6 is 0 Å². The summed E-state index contributed by atoms with van der Waals surface area (Å²) in [5, 5.41) is 11.7. The second kappa shape index (κ2) is 6.61. The minimum Gasteiger partial charge on any atom is -0.480 e.